The second-order valence-corrected chi connectivity index (χ2v) is 3.59. The first-order chi connectivity index (χ1) is 6.22. The molecular weight excluding hydrogens is 166 g/mol. The normalized spacial score (nSPS) is 25.8. The molecule has 2 N–H and O–H groups in total. The summed E-state index contributed by atoms with van der Waals surface area (Å²) in [5.41, 5.74) is 0. The van der Waals surface area contributed by atoms with Gasteiger partial charge in [-0.05, 0) is 18.8 Å². The van der Waals surface area contributed by atoms with Gasteiger partial charge in [0.2, 0.25) is 5.91 Å². The van der Waals surface area contributed by atoms with Gasteiger partial charge in [0.1, 0.15) is 6.54 Å². The highest BCUT2D eigenvalue weighted by molar-refractivity contribution is 5.78. The van der Waals surface area contributed by atoms with Gasteiger partial charge in [-0.15, -0.1) is 0 Å². The van der Waals surface area contributed by atoms with Crippen LogP contribution < -0.4 is 10.6 Å². The molecule has 72 valence electrons. The molecule has 0 aromatic heterocycles. The van der Waals surface area contributed by atoms with Gasteiger partial charge in [0, 0.05) is 6.04 Å². The highest BCUT2D eigenvalue weighted by Gasteiger charge is 2.24. The molecule has 13 heavy (non-hydrogen) atoms. The third-order valence-corrected chi connectivity index (χ3v) is 2.29. The fourth-order valence-corrected chi connectivity index (χ4v) is 1.51. The maximum atomic E-state index is 11.0. The lowest BCUT2D eigenvalue weighted by molar-refractivity contribution is -0.120. The van der Waals surface area contributed by atoms with Crippen LogP contribution >= 0.6 is 0 Å². The fraction of sp³-hybridized carbons (Fsp3) is 0.778. The van der Waals surface area contributed by atoms with Crippen LogP contribution in [0.4, 0.5) is 0 Å². The first kappa shape index (κ1) is 10.0. The van der Waals surface area contributed by atoms with Gasteiger partial charge in [0.15, 0.2) is 0 Å². The predicted molar refractivity (Wildman–Crippen MR) is 48.8 cm³/mol. The first-order valence-corrected chi connectivity index (χ1v) is 4.59. The molecule has 1 aliphatic rings. The molecule has 0 heterocycles. The average molecular weight is 181 g/mol. The van der Waals surface area contributed by atoms with E-state index in [1.807, 2.05) is 6.07 Å². The summed E-state index contributed by atoms with van der Waals surface area (Å²) >= 11 is 0. The second kappa shape index (κ2) is 4.83. The molecule has 0 atom stereocenters. The van der Waals surface area contributed by atoms with Crippen LogP contribution in [-0.2, 0) is 4.79 Å². The molecule has 0 aromatic carbocycles. The van der Waals surface area contributed by atoms with Crippen molar-refractivity contribution in [3.63, 3.8) is 0 Å². The van der Waals surface area contributed by atoms with Gasteiger partial charge in [-0.3, -0.25) is 4.79 Å². The highest BCUT2D eigenvalue weighted by Crippen LogP contribution is 2.25. The lowest BCUT2D eigenvalue weighted by atomic mass is 9.82. The molecule has 4 nitrogen and oxygen atoms in total. The smallest absolute Gasteiger partial charge is 0.234 e. The van der Waals surface area contributed by atoms with Gasteiger partial charge in [-0.1, -0.05) is 6.92 Å². The van der Waals surface area contributed by atoms with Crippen molar-refractivity contribution in [3.05, 3.63) is 0 Å². The standard InChI is InChI=1S/C9H15N3O/c1-7-4-8(5-7)12-6-9(13)11-3-2-10/h7-8,12H,3-6H2,1H3,(H,11,13). The fourth-order valence-electron chi connectivity index (χ4n) is 1.51. The number of hydrogen-bond donors (Lipinski definition) is 2. The van der Waals surface area contributed by atoms with Crippen LogP contribution in [0.2, 0.25) is 0 Å². The van der Waals surface area contributed by atoms with E-state index in [4.69, 9.17) is 5.26 Å². The molecule has 4 heteroatoms. The minimum Gasteiger partial charge on any atom is -0.342 e. The maximum Gasteiger partial charge on any atom is 0.234 e. The Kier molecular flexibility index (Phi) is 3.71. The zero-order valence-electron chi connectivity index (χ0n) is 7.84. The average Bonchev–Trinajstić information content (AvgIpc) is 2.07. The van der Waals surface area contributed by atoms with E-state index in [2.05, 4.69) is 17.6 Å². The summed E-state index contributed by atoms with van der Waals surface area (Å²) in [6.45, 7) is 2.63. The Morgan fingerprint density at radius 3 is 2.85 bits per heavy atom. The molecule has 0 aliphatic heterocycles. The lowest BCUT2D eigenvalue weighted by Crippen LogP contribution is -2.45. The molecule has 1 amide bonds. The number of carbonyl (C=O) groups excluding carboxylic acids is 1. The van der Waals surface area contributed by atoms with Crippen LogP contribution in [0.5, 0.6) is 0 Å². The van der Waals surface area contributed by atoms with Crippen LogP contribution in [-0.4, -0.2) is 25.0 Å². The largest absolute Gasteiger partial charge is 0.342 e. The van der Waals surface area contributed by atoms with Crippen molar-refractivity contribution >= 4 is 5.91 Å². The first-order valence-electron chi connectivity index (χ1n) is 4.59. The van der Waals surface area contributed by atoms with Crippen molar-refractivity contribution in [1.29, 1.82) is 5.26 Å². The predicted octanol–water partition coefficient (Wildman–Crippen LogP) is 0.0143. The number of nitrogens with zero attached hydrogens (tertiary/aromatic N) is 1. The third kappa shape index (κ3) is 3.43. The summed E-state index contributed by atoms with van der Waals surface area (Å²) in [6.07, 6.45) is 2.32. The van der Waals surface area contributed by atoms with E-state index in [0.29, 0.717) is 12.6 Å². The van der Waals surface area contributed by atoms with Gasteiger partial charge in [-0.25, -0.2) is 0 Å². The summed E-state index contributed by atoms with van der Waals surface area (Å²) in [4.78, 5) is 11.0. The zero-order valence-corrected chi connectivity index (χ0v) is 7.84. The molecule has 0 saturated heterocycles. The van der Waals surface area contributed by atoms with Crippen molar-refractivity contribution in [2.45, 2.75) is 25.8 Å². The Labute approximate surface area is 78.3 Å². The van der Waals surface area contributed by atoms with Crippen LogP contribution in [0, 0.1) is 17.2 Å². The van der Waals surface area contributed by atoms with Crippen molar-refractivity contribution in [1.82, 2.24) is 10.6 Å². The summed E-state index contributed by atoms with van der Waals surface area (Å²) < 4.78 is 0. The van der Waals surface area contributed by atoms with Crippen LogP contribution in [0.25, 0.3) is 0 Å². The van der Waals surface area contributed by atoms with Gasteiger partial charge in [-0.2, -0.15) is 5.26 Å². The van der Waals surface area contributed by atoms with E-state index in [0.717, 1.165) is 18.8 Å². The zero-order chi connectivity index (χ0) is 9.68. The molecule has 0 spiro atoms. The second-order valence-electron chi connectivity index (χ2n) is 3.59. The molecule has 1 fully saturated rings. The van der Waals surface area contributed by atoms with Gasteiger partial charge >= 0.3 is 0 Å². The Hall–Kier alpha value is -1.08. The minimum absolute atomic E-state index is 0.0962. The molecule has 1 aliphatic carbocycles. The molecule has 0 bridgehead atoms. The van der Waals surface area contributed by atoms with E-state index in [1.54, 1.807) is 0 Å². The monoisotopic (exact) mass is 181 g/mol. The maximum absolute atomic E-state index is 11.0. The molecule has 1 saturated carbocycles. The van der Waals surface area contributed by atoms with Crippen molar-refractivity contribution in [3.8, 4) is 6.07 Å². The van der Waals surface area contributed by atoms with Crippen LogP contribution in [0.1, 0.15) is 19.8 Å². The summed E-state index contributed by atoms with van der Waals surface area (Å²) in [6, 6.07) is 2.36. The van der Waals surface area contributed by atoms with E-state index < -0.39 is 0 Å². The molecule has 0 unspecified atom stereocenters. The van der Waals surface area contributed by atoms with Crippen molar-refractivity contribution < 1.29 is 4.79 Å². The number of rotatable bonds is 4. The Bertz CT molecular complexity index is 215. The summed E-state index contributed by atoms with van der Waals surface area (Å²) in [5, 5.41) is 13.8. The van der Waals surface area contributed by atoms with Crippen molar-refractivity contribution in [2.75, 3.05) is 13.1 Å². The molecule has 0 radical (unpaired) electrons. The molecule has 1 rings (SSSR count). The molecule has 0 aromatic rings. The summed E-state index contributed by atoms with van der Waals surface area (Å²) in [5.74, 6) is 0.695. The SMILES string of the molecule is CC1CC(NCC(=O)NCC#N)C1. The Morgan fingerprint density at radius 1 is 1.62 bits per heavy atom. The minimum atomic E-state index is -0.0962. The number of hydrogen-bond acceptors (Lipinski definition) is 3. The van der Waals surface area contributed by atoms with E-state index in [1.165, 1.54) is 0 Å². The highest BCUT2D eigenvalue weighted by atomic mass is 16.1. The number of nitriles is 1. The van der Waals surface area contributed by atoms with Crippen LogP contribution in [0.3, 0.4) is 0 Å². The quantitative estimate of drug-likeness (QED) is 0.601. The van der Waals surface area contributed by atoms with E-state index >= 15 is 0 Å². The van der Waals surface area contributed by atoms with Crippen molar-refractivity contribution in [2.24, 2.45) is 5.92 Å². The van der Waals surface area contributed by atoms with E-state index in [9.17, 15) is 4.79 Å². The molecular formula is C9H15N3O. The summed E-state index contributed by atoms with van der Waals surface area (Å²) in [7, 11) is 0. The van der Waals surface area contributed by atoms with Gasteiger partial charge in [0.05, 0.1) is 12.6 Å². The number of amides is 1. The number of carbonyl (C=O) groups is 1. The Morgan fingerprint density at radius 2 is 2.31 bits per heavy atom. The van der Waals surface area contributed by atoms with Gasteiger partial charge in [0.25, 0.3) is 0 Å². The van der Waals surface area contributed by atoms with E-state index in [-0.39, 0.29) is 12.5 Å². The Balaban J connectivity index is 2.00. The lowest BCUT2D eigenvalue weighted by Gasteiger charge is -2.33. The van der Waals surface area contributed by atoms with Gasteiger partial charge < -0.3 is 10.6 Å². The van der Waals surface area contributed by atoms with Crippen LogP contribution in [0.15, 0.2) is 0 Å². The third-order valence-electron chi connectivity index (χ3n) is 2.29. The topological polar surface area (TPSA) is 64.9 Å². The number of nitrogens with one attached hydrogen (secondary N) is 2.